The number of amides is 1. The molecule has 1 aromatic carbocycles. The van der Waals surface area contributed by atoms with Crippen LogP contribution < -0.4 is 20.1 Å². The van der Waals surface area contributed by atoms with E-state index in [4.69, 9.17) is 9.47 Å². The SMILES string of the molecule is CCCNc1cncc(C(=O)Nc2cc(OC)ccc2OC)c1. The van der Waals surface area contributed by atoms with Crippen LogP contribution in [0.2, 0.25) is 0 Å². The molecule has 0 saturated heterocycles. The molecule has 2 N–H and O–H groups in total. The number of hydrogen-bond acceptors (Lipinski definition) is 5. The minimum absolute atomic E-state index is 0.260. The summed E-state index contributed by atoms with van der Waals surface area (Å²) >= 11 is 0. The van der Waals surface area contributed by atoms with Gasteiger partial charge in [-0.2, -0.15) is 0 Å². The zero-order valence-electron chi connectivity index (χ0n) is 13.6. The standard InChI is InChI=1S/C17H21N3O3/c1-4-7-19-13-8-12(10-18-11-13)17(21)20-15-9-14(22-2)5-6-16(15)23-3/h5-6,8-11,19H,4,7H2,1-3H3,(H,20,21). The first-order valence-corrected chi connectivity index (χ1v) is 7.40. The fourth-order valence-electron chi connectivity index (χ4n) is 2.04. The van der Waals surface area contributed by atoms with Crippen LogP contribution in [-0.2, 0) is 0 Å². The molecule has 0 spiro atoms. The minimum atomic E-state index is -0.260. The van der Waals surface area contributed by atoms with E-state index in [2.05, 4.69) is 22.5 Å². The van der Waals surface area contributed by atoms with Crippen LogP contribution in [0.5, 0.6) is 11.5 Å². The van der Waals surface area contributed by atoms with Crippen LogP contribution in [0, 0.1) is 0 Å². The molecule has 1 heterocycles. The van der Waals surface area contributed by atoms with E-state index in [-0.39, 0.29) is 5.91 Å². The summed E-state index contributed by atoms with van der Waals surface area (Å²) in [5, 5.41) is 6.03. The highest BCUT2D eigenvalue weighted by Gasteiger charge is 2.12. The fraction of sp³-hybridized carbons (Fsp3) is 0.294. The number of aromatic nitrogens is 1. The number of rotatable bonds is 7. The van der Waals surface area contributed by atoms with E-state index in [1.165, 1.54) is 6.20 Å². The highest BCUT2D eigenvalue weighted by atomic mass is 16.5. The molecule has 1 amide bonds. The van der Waals surface area contributed by atoms with Gasteiger partial charge in [0.2, 0.25) is 0 Å². The third-order valence-electron chi connectivity index (χ3n) is 3.23. The molecule has 2 rings (SSSR count). The van der Waals surface area contributed by atoms with Crippen molar-refractivity contribution in [1.82, 2.24) is 4.98 Å². The molecular weight excluding hydrogens is 294 g/mol. The van der Waals surface area contributed by atoms with Gasteiger partial charge in [-0.1, -0.05) is 6.92 Å². The van der Waals surface area contributed by atoms with Gasteiger partial charge in [-0.25, -0.2) is 0 Å². The number of nitrogens with zero attached hydrogens (tertiary/aromatic N) is 1. The molecular formula is C17H21N3O3. The molecule has 0 aliphatic rings. The Balaban J connectivity index is 2.18. The van der Waals surface area contributed by atoms with Crippen LogP contribution in [0.25, 0.3) is 0 Å². The van der Waals surface area contributed by atoms with Crippen LogP contribution in [0.3, 0.4) is 0 Å². The molecule has 0 aliphatic heterocycles. The van der Waals surface area contributed by atoms with E-state index in [0.29, 0.717) is 22.7 Å². The molecule has 6 heteroatoms. The molecule has 2 aromatic rings. The smallest absolute Gasteiger partial charge is 0.257 e. The van der Waals surface area contributed by atoms with Gasteiger partial charge < -0.3 is 20.1 Å². The summed E-state index contributed by atoms with van der Waals surface area (Å²) in [6.07, 6.45) is 4.22. The number of benzene rings is 1. The Labute approximate surface area is 135 Å². The molecule has 0 saturated carbocycles. The Morgan fingerprint density at radius 1 is 1.17 bits per heavy atom. The second kappa shape index (κ2) is 8.03. The normalized spacial score (nSPS) is 10.0. The lowest BCUT2D eigenvalue weighted by Gasteiger charge is -2.12. The number of hydrogen-bond donors (Lipinski definition) is 2. The average Bonchev–Trinajstić information content (AvgIpc) is 2.60. The van der Waals surface area contributed by atoms with Crippen LogP contribution in [0.4, 0.5) is 11.4 Å². The van der Waals surface area contributed by atoms with Crippen molar-refractivity contribution in [3.63, 3.8) is 0 Å². The van der Waals surface area contributed by atoms with Crippen LogP contribution in [0.1, 0.15) is 23.7 Å². The van der Waals surface area contributed by atoms with Gasteiger partial charge in [-0.05, 0) is 24.6 Å². The molecule has 122 valence electrons. The lowest BCUT2D eigenvalue weighted by atomic mass is 10.2. The maximum atomic E-state index is 12.4. The predicted octanol–water partition coefficient (Wildman–Crippen LogP) is 3.17. The van der Waals surface area contributed by atoms with Crippen molar-refractivity contribution in [3.8, 4) is 11.5 Å². The first-order chi connectivity index (χ1) is 11.2. The number of nitrogens with one attached hydrogen (secondary N) is 2. The largest absolute Gasteiger partial charge is 0.497 e. The van der Waals surface area contributed by atoms with E-state index in [1.54, 1.807) is 44.7 Å². The third kappa shape index (κ3) is 4.35. The lowest BCUT2D eigenvalue weighted by molar-refractivity contribution is 0.102. The number of carbonyl (C=O) groups excluding carboxylic acids is 1. The number of pyridine rings is 1. The van der Waals surface area contributed by atoms with Crippen molar-refractivity contribution < 1.29 is 14.3 Å². The zero-order valence-corrected chi connectivity index (χ0v) is 13.6. The molecule has 1 aromatic heterocycles. The van der Waals surface area contributed by atoms with E-state index in [9.17, 15) is 4.79 Å². The minimum Gasteiger partial charge on any atom is -0.497 e. The lowest BCUT2D eigenvalue weighted by Crippen LogP contribution is -2.13. The van der Waals surface area contributed by atoms with Crippen molar-refractivity contribution in [2.75, 3.05) is 31.4 Å². The van der Waals surface area contributed by atoms with Gasteiger partial charge in [0.25, 0.3) is 5.91 Å². The Bertz CT molecular complexity index is 674. The van der Waals surface area contributed by atoms with Gasteiger partial charge in [-0.15, -0.1) is 0 Å². The first-order valence-electron chi connectivity index (χ1n) is 7.40. The Morgan fingerprint density at radius 2 is 2.00 bits per heavy atom. The van der Waals surface area contributed by atoms with Gasteiger partial charge in [0.05, 0.1) is 31.2 Å². The molecule has 0 bridgehead atoms. The molecule has 0 aliphatic carbocycles. The van der Waals surface area contributed by atoms with Crippen molar-refractivity contribution in [3.05, 3.63) is 42.2 Å². The first kappa shape index (κ1) is 16.6. The van der Waals surface area contributed by atoms with Crippen LogP contribution in [0.15, 0.2) is 36.7 Å². The van der Waals surface area contributed by atoms with Crippen LogP contribution in [-0.4, -0.2) is 31.7 Å². The highest BCUT2D eigenvalue weighted by Crippen LogP contribution is 2.29. The van der Waals surface area contributed by atoms with Gasteiger partial charge in [0.15, 0.2) is 0 Å². The maximum Gasteiger partial charge on any atom is 0.257 e. The van der Waals surface area contributed by atoms with Gasteiger partial charge >= 0.3 is 0 Å². The van der Waals surface area contributed by atoms with Crippen molar-refractivity contribution in [2.45, 2.75) is 13.3 Å². The highest BCUT2D eigenvalue weighted by molar-refractivity contribution is 6.05. The summed E-state index contributed by atoms with van der Waals surface area (Å²) in [6, 6.07) is 6.99. The quantitative estimate of drug-likeness (QED) is 0.821. The summed E-state index contributed by atoms with van der Waals surface area (Å²) in [4.78, 5) is 16.5. The Morgan fingerprint density at radius 3 is 2.70 bits per heavy atom. The van der Waals surface area contributed by atoms with Gasteiger partial charge in [0.1, 0.15) is 11.5 Å². The maximum absolute atomic E-state index is 12.4. The summed E-state index contributed by atoms with van der Waals surface area (Å²) in [7, 11) is 3.12. The zero-order chi connectivity index (χ0) is 16.7. The molecule has 0 unspecified atom stereocenters. The fourth-order valence-corrected chi connectivity index (χ4v) is 2.04. The second-order valence-corrected chi connectivity index (χ2v) is 4.91. The van der Waals surface area contributed by atoms with Crippen molar-refractivity contribution in [1.29, 1.82) is 0 Å². The molecule has 6 nitrogen and oxygen atoms in total. The summed E-state index contributed by atoms with van der Waals surface area (Å²) in [5.74, 6) is 0.939. The monoisotopic (exact) mass is 315 g/mol. The van der Waals surface area contributed by atoms with E-state index in [0.717, 1.165) is 18.7 Å². The third-order valence-corrected chi connectivity index (χ3v) is 3.23. The topological polar surface area (TPSA) is 72.5 Å². The summed E-state index contributed by atoms with van der Waals surface area (Å²) < 4.78 is 10.4. The number of carbonyl (C=O) groups is 1. The van der Waals surface area contributed by atoms with Gasteiger partial charge in [0, 0.05) is 25.0 Å². The molecule has 23 heavy (non-hydrogen) atoms. The second-order valence-electron chi connectivity index (χ2n) is 4.91. The summed E-state index contributed by atoms with van der Waals surface area (Å²) in [5.41, 5.74) is 1.83. The van der Waals surface area contributed by atoms with Gasteiger partial charge in [-0.3, -0.25) is 9.78 Å². The van der Waals surface area contributed by atoms with E-state index in [1.807, 2.05) is 0 Å². The van der Waals surface area contributed by atoms with E-state index < -0.39 is 0 Å². The number of ether oxygens (including phenoxy) is 2. The molecule has 0 atom stereocenters. The molecule has 0 fully saturated rings. The van der Waals surface area contributed by atoms with Crippen LogP contribution >= 0.6 is 0 Å². The Hall–Kier alpha value is -2.76. The predicted molar refractivity (Wildman–Crippen MR) is 90.5 cm³/mol. The van der Waals surface area contributed by atoms with Crippen molar-refractivity contribution in [2.24, 2.45) is 0 Å². The Kier molecular flexibility index (Phi) is 5.80. The average molecular weight is 315 g/mol. The summed E-state index contributed by atoms with van der Waals surface area (Å²) in [6.45, 7) is 2.91. The number of methoxy groups -OCH3 is 2. The number of anilines is 2. The van der Waals surface area contributed by atoms with E-state index >= 15 is 0 Å². The molecule has 0 radical (unpaired) electrons. The van der Waals surface area contributed by atoms with Crippen molar-refractivity contribution >= 4 is 17.3 Å².